The van der Waals surface area contributed by atoms with Gasteiger partial charge in [0, 0.05) is 23.0 Å². The first-order valence-electron chi connectivity index (χ1n) is 6.22. The highest BCUT2D eigenvalue weighted by molar-refractivity contribution is 5.63. The van der Waals surface area contributed by atoms with Crippen LogP contribution in [0.3, 0.4) is 0 Å². The molecule has 0 N–H and O–H groups in total. The number of fused-ring (bicyclic) bond motifs is 5. The molecule has 2 atom stereocenters. The van der Waals surface area contributed by atoms with Crippen molar-refractivity contribution in [2.24, 2.45) is 0 Å². The summed E-state index contributed by atoms with van der Waals surface area (Å²) >= 11 is 0. The van der Waals surface area contributed by atoms with E-state index in [1.54, 1.807) is 19.8 Å². The minimum Gasteiger partial charge on any atom is -0.496 e. The number of allylic oxidation sites excluding steroid dienone is 2. The van der Waals surface area contributed by atoms with Crippen molar-refractivity contribution >= 4 is 0 Å². The molecule has 17 heavy (non-hydrogen) atoms. The van der Waals surface area contributed by atoms with Crippen LogP contribution >= 0.6 is 0 Å². The Kier molecular flexibility index (Phi) is 2.39. The molecule has 90 valence electrons. The third kappa shape index (κ3) is 1.27. The van der Waals surface area contributed by atoms with Crippen molar-refractivity contribution < 1.29 is 9.47 Å². The Hall–Kier alpha value is -1.44. The highest BCUT2D eigenvalue weighted by atomic mass is 16.5. The molecule has 0 radical (unpaired) electrons. The minimum absolute atomic E-state index is 0.560. The average Bonchev–Trinajstić information content (AvgIpc) is 2.93. The second-order valence-electron chi connectivity index (χ2n) is 4.77. The molecule has 1 aromatic carbocycles. The van der Waals surface area contributed by atoms with E-state index in [0.29, 0.717) is 11.8 Å². The molecule has 1 aromatic rings. The molecular weight excluding hydrogens is 212 g/mol. The molecule has 2 aliphatic rings. The van der Waals surface area contributed by atoms with Crippen molar-refractivity contribution in [1.82, 2.24) is 0 Å². The summed E-state index contributed by atoms with van der Waals surface area (Å²) in [5, 5.41) is 0. The second-order valence-corrected chi connectivity index (χ2v) is 4.77. The van der Waals surface area contributed by atoms with Crippen molar-refractivity contribution in [2.75, 3.05) is 14.2 Å². The SMILES string of the molecule is CC=C1C2CCC1c1c(OC)ccc(OC)c12. The monoisotopic (exact) mass is 230 g/mol. The van der Waals surface area contributed by atoms with Crippen LogP contribution in [-0.2, 0) is 0 Å². The van der Waals surface area contributed by atoms with E-state index in [1.807, 2.05) is 12.1 Å². The van der Waals surface area contributed by atoms with E-state index in [9.17, 15) is 0 Å². The Bertz CT molecular complexity index is 447. The molecule has 1 saturated carbocycles. The van der Waals surface area contributed by atoms with Crippen molar-refractivity contribution in [2.45, 2.75) is 31.6 Å². The van der Waals surface area contributed by atoms with Gasteiger partial charge in [0.2, 0.25) is 0 Å². The average molecular weight is 230 g/mol. The largest absolute Gasteiger partial charge is 0.496 e. The molecule has 0 saturated heterocycles. The minimum atomic E-state index is 0.560. The lowest BCUT2D eigenvalue weighted by Gasteiger charge is -2.20. The van der Waals surface area contributed by atoms with Gasteiger partial charge in [-0.05, 0) is 31.9 Å². The van der Waals surface area contributed by atoms with Crippen LogP contribution in [0.25, 0.3) is 0 Å². The highest BCUT2D eigenvalue weighted by Gasteiger charge is 2.44. The molecule has 2 unspecified atom stereocenters. The first-order chi connectivity index (χ1) is 8.31. The lowest BCUT2D eigenvalue weighted by Crippen LogP contribution is -2.03. The summed E-state index contributed by atoms with van der Waals surface area (Å²) in [6, 6.07) is 4.07. The first kappa shape index (κ1) is 10.7. The maximum atomic E-state index is 5.52. The zero-order chi connectivity index (χ0) is 12.0. The third-order valence-corrected chi connectivity index (χ3v) is 4.23. The fourth-order valence-corrected chi connectivity index (χ4v) is 3.61. The summed E-state index contributed by atoms with van der Waals surface area (Å²) < 4.78 is 11.0. The zero-order valence-electron chi connectivity index (χ0n) is 10.6. The van der Waals surface area contributed by atoms with Gasteiger partial charge in [0.25, 0.3) is 0 Å². The quantitative estimate of drug-likeness (QED) is 0.722. The number of rotatable bonds is 2. The Balaban J connectivity index is 2.25. The Morgan fingerprint density at radius 1 is 1.00 bits per heavy atom. The van der Waals surface area contributed by atoms with E-state index >= 15 is 0 Å². The normalized spacial score (nSPS) is 24.8. The second kappa shape index (κ2) is 3.80. The van der Waals surface area contributed by atoms with Crippen LogP contribution in [0.4, 0.5) is 0 Å². The molecule has 0 heterocycles. The van der Waals surface area contributed by atoms with Crippen LogP contribution < -0.4 is 9.47 Å². The predicted octanol–water partition coefficient (Wildman–Crippen LogP) is 3.62. The molecular formula is C15H18O2. The molecule has 2 nitrogen and oxygen atoms in total. The van der Waals surface area contributed by atoms with Gasteiger partial charge in [0.05, 0.1) is 14.2 Å². The number of hydrogen-bond donors (Lipinski definition) is 0. The number of methoxy groups -OCH3 is 2. The third-order valence-electron chi connectivity index (χ3n) is 4.23. The van der Waals surface area contributed by atoms with Gasteiger partial charge in [-0.25, -0.2) is 0 Å². The standard InChI is InChI=1S/C15H18O2/c1-4-9-10-5-6-11(9)15-13(17-3)8-7-12(16-2)14(10)15/h4,7-8,10-11H,5-6H2,1-3H3. The Morgan fingerprint density at radius 3 is 1.82 bits per heavy atom. The van der Waals surface area contributed by atoms with Gasteiger partial charge in [0.1, 0.15) is 11.5 Å². The maximum absolute atomic E-state index is 5.52. The van der Waals surface area contributed by atoms with Crippen molar-refractivity contribution in [1.29, 1.82) is 0 Å². The fraction of sp³-hybridized carbons (Fsp3) is 0.467. The molecule has 2 aliphatic carbocycles. The molecule has 3 rings (SSSR count). The Labute approximate surface area is 102 Å². The van der Waals surface area contributed by atoms with Crippen LogP contribution in [-0.4, -0.2) is 14.2 Å². The topological polar surface area (TPSA) is 18.5 Å². The van der Waals surface area contributed by atoms with E-state index in [0.717, 1.165) is 11.5 Å². The van der Waals surface area contributed by atoms with Gasteiger partial charge >= 0.3 is 0 Å². The van der Waals surface area contributed by atoms with Crippen LogP contribution in [0.5, 0.6) is 11.5 Å². The summed E-state index contributed by atoms with van der Waals surface area (Å²) in [5.41, 5.74) is 4.30. The molecule has 2 bridgehead atoms. The van der Waals surface area contributed by atoms with Gasteiger partial charge in [-0.3, -0.25) is 0 Å². The summed E-state index contributed by atoms with van der Waals surface area (Å²) in [5.74, 6) is 3.16. The molecule has 1 fully saturated rings. The van der Waals surface area contributed by atoms with Crippen LogP contribution in [0.15, 0.2) is 23.8 Å². The lowest BCUT2D eigenvalue weighted by atomic mass is 9.90. The van der Waals surface area contributed by atoms with E-state index < -0.39 is 0 Å². The Morgan fingerprint density at radius 2 is 1.47 bits per heavy atom. The first-order valence-corrected chi connectivity index (χ1v) is 6.22. The van der Waals surface area contributed by atoms with Crippen LogP contribution in [0, 0.1) is 0 Å². The number of hydrogen-bond acceptors (Lipinski definition) is 2. The van der Waals surface area contributed by atoms with Crippen molar-refractivity contribution in [3.8, 4) is 11.5 Å². The molecule has 0 aliphatic heterocycles. The summed E-state index contributed by atoms with van der Waals surface area (Å²) in [4.78, 5) is 0. The number of benzene rings is 1. The smallest absolute Gasteiger partial charge is 0.123 e. The van der Waals surface area contributed by atoms with E-state index in [1.165, 1.54) is 24.0 Å². The highest BCUT2D eigenvalue weighted by Crippen LogP contribution is 2.61. The van der Waals surface area contributed by atoms with Gasteiger partial charge < -0.3 is 9.47 Å². The fourth-order valence-electron chi connectivity index (χ4n) is 3.61. The van der Waals surface area contributed by atoms with Crippen molar-refractivity contribution in [3.63, 3.8) is 0 Å². The van der Waals surface area contributed by atoms with Gasteiger partial charge in [-0.2, -0.15) is 0 Å². The van der Waals surface area contributed by atoms with E-state index in [-0.39, 0.29) is 0 Å². The maximum Gasteiger partial charge on any atom is 0.123 e. The van der Waals surface area contributed by atoms with Crippen molar-refractivity contribution in [3.05, 3.63) is 34.9 Å². The van der Waals surface area contributed by atoms with Gasteiger partial charge in [-0.15, -0.1) is 0 Å². The van der Waals surface area contributed by atoms with Crippen LogP contribution in [0.2, 0.25) is 0 Å². The van der Waals surface area contributed by atoms with E-state index in [2.05, 4.69) is 13.0 Å². The summed E-state index contributed by atoms with van der Waals surface area (Å²) in [7, 11) is 3.51. The molecule has 2 heteroatoms. The number of ether oxygens (including phenoxy) is 2. The summed E-state index contributed by atoms with van der Waals surface area (Å²) in [6.45, 7) is 2.14. The van der Waals surface area contributed by atoms with Gasteiger partial charge in [0.15, 0.2) is 0 Å². The lowest BCUT2D eigenvalue weighted by molar-refractivity contribution is 0.391. The molecule has 0 aromatic heterocycles. The zero-order valence-corrected chi connectivity index (χ0v) is 10.6. The van der Waals surface area contributed by atoms with E-state index in [4.69, 9.17) is 9.47 Å². The van der Waals surface area contributed by atoms with Gasteiger partial charge in [-0.1, -0.05) is 11.6 Å². The van der Waals surface area contributed by atoms with Crippen LogP contribution in [0.1, 0.15) is 42.7 Å². The summed E-state index contributed by atoms with van der Waals surface area (Å²) in [6.07, 6.45) is 4.78. The predicted molar refractivity (Wildman–Crippen MR) is 68.0 cm³/mol. The molecule has 0 amide bonds. The molecule has 0 spiro atoms.